The molecule has 142 valence electrons. The minimum Gasteiger partial charge on any atom is -0.478 e. The van der Waals surface area contributed by atoms with Crippen molar-refractivity contribution in [3.63, 3.8) is 0 Å². The highest BCUT2D eigenvalue weighted by Crippen LogP contribution is 2.15. The first-order valence-electron chi connectivity index (χ1n) is 10.6. The summed E-state index contributed by atoms with van der Waals surface area (Å²) in [6.45, 7) is 5.84. The quantitative estimate of drug-likeness (QED) is 0.194. The van der Waals surface area contributed by atoms with Crippen LogP contribution in [-0.4, -0.2) is 11.1 Å². The van der Waals surface area contributed by atoms with E-state index in [2.05, 4.69) is 13.5 Å². The molecule has 0 aromatic rings. The fourth-order valence-corrected chi connectivity index (χ4v) is 3.17. The Morgan fingerprint density at radius 1 is 0.625 bits per heavy atom. The molecular formula is C22H42O2. The van der Waals surface area contributed by atoms with Crippen LogP contribution in [0, 0.1) is 0 Å². The minimum atomic E-state index is -0.841. The molecule has 24 heavy (non-hydrogen) atoms. The zero-order valence-corrected chi connectivity index (χ0v) is 16.3. The summed E-state index contributed by atoms with van der Waals surface area (Å²) in [6, 6.07) is 0. The lowest BCUT2D eigenvalue weighted by molar-refractivity contribution is -0.132. The third-order valence-corrected chi connectivity index (χ3v) is 4.88. The maximum atomic E-state index is 10.6. The van der Waals surface area contributed by atoms with Gasteiger partial charge in [0.2, 0.25) is 0 Å². The van der Waals surface area contributed by atoms with Gasteiger partial charge in [0, 0.05) is 5.57 Å². The van der Waals surface area contributed by atoms with Crippen molar-refractivity contribution in [2.24, 2.45) is 0 Å². The Hall–Kier alpha value is -0.790. The zero-order chi connectivity index (χ0) is 17.9. The van der Waals surface area contributed by atoms with Gasteiger partial charge in [0.25, 0.3) is 0 Å². The maximum absolute atomic E-state index is 10.6. The van der Waals surface area contributed by atoms with Crippen LogP contribution in [-0.2, 0) is 4.79 Å². The topological polar surface area (TPSA) is 37.3 Å². The number of unbranched alkanes of at least 4 members (excludes halogenated alkanes) is 16. The van der Waals surface area contributed by atoms with Gasteiger partial charge in [-0.2, -0.15) is 0 Å². The summed E-state index contributed by atoms with van der Waals surface area (Å²) in [4.78, 5) is 10.6. The van der Waals surface area contributed by atoms with Gasteiger partial charge in [-0.15, -0.1) is 0 Å². The van der Waals surface area contributed by atoms with Crippen LogP contribution in [0.1, 0.15) is 122 Å². The Morgan fingerprint density at radius 3 is 1.21 bits per heavy atom. The minimum absolute atomic E-state index is 0.357. The molecule has 0 radical (unpaired) electrons. The number of carboxylic acid groups (broad SMARTS) is 1. The third-order valence-electron chi connectivity index (χ3n) is 4.88. The molecule has 2 heteroatoms. The first-order valence-corrected chi connectivity index (χ1v) is 10.6. The second kappa shape index (κ2) is 18.5. The second-order valence-electron chi connectivity index (χ2n) is 7.32. The van der Waals surface area contributed by atoms with E-state index < -0.39 is 5.97 Å². The number of carbonyl (C=O) groups is 1. The van der Waals surface area contributed by atoms with Crippen molar-refractivity contribution in [3.05, 3.63) is 12.2 Å². The van der Waals surface area contributed by atoms with Crippen molar-refractivity contribution in [2.75, 3.05) is 0 Å². The van der Waals surface area contributed by atoms with E-state index in [1.807, 2.05) is 0 Å². The van der Waals surface area contributed by atoms with Crippen LogP contribution in [0.5, 0.6) is 0 Å². The lowest BCUT2D eigenvalue weighted by Crippen LogP contribution is -1.98. The molecule has 1 N–H and O–H groups in total. The Kier molecular flexibility index (Phi) is 17.9. The number of hydrogen-bond acceptors (Lipinski definition) is 1. The van der Waals surface area contributed by atoms with Gasteiger partial charge in [-0.1, -0.05) is 116 Å². The molecule has 0 aliphatic heterocycles. The normalized spacial score (nSPS) is 10.9. The highest BCUT2D eigenvalue weighted by atomic mass is 16.4. The zero-order valence-electron chi connectivity index (χ0n) is 16.3. The van der Waals surface area contributed by atoms with Gasteiger partial charge in [-0.3, -0.25) is 0 Å². The molecule has 0 unspecified atom stereocenters. The molecule has 0 rings (SSSR count). The number of carboxylic acids is 1. The first-order chi connectivity index (χ1) is 11.7. The molecule has 0 saturated heterocycles. The molecule has 0 aliphatic carbocycles. The van der Waals surface area contributed by atoms with E-state index in [0.29, 0.717) is 12.0 Å². The van der Waals surface area contributed by atoms with Crippen LogP contribution < -0.4 is 0 Å². The van der Waals surface area contributed by atoms with Crippen molar-refractivity contribution in [1.82, 2.24) is 0 Å². The standard InChI is InChI=1S/C22H42O2/c1-3-4-5-6-7-8-9-10-11-12-13-14-15-16-17-18-19-20-21(2)22(23)24/h2-20H2,1H3,(H,23,24). The van der Waals surface area contributed by atoms with Gasteiger partial charge < -0.3 is 5.11 Å². The van der Waals surface area contributed by atoms with Crippen LogP contribution in [0.3, 0.4) is 0 Å². The van der Waals surface area contributed by atoms with E-state index in [-0.39, 0.29) is 0 Å². The van der Waals surface area contributed by atoms with Gasteiger partial charge in [0.15, 0.2) is 0 Å². The molecule has 0 amide bonds. The average molecular weight is 339 g/mol. The highest BCUT2D eigenvalue weighted by Gasteiger charge is 2.02. The Morgan fingerprint density at radius 2 is 0.917 bits per heavy atom. The highest BCUT2D eigenvalue weighted by molar-refractivity contribution is 5.85. The van der Waals surface area contributed by atoms with Crippen molar-refractivity contribution in [1.29, 1.82) is 0 Å². The molecule has 0 fully saturated rings. The fraction of sp³-hybridized carbons (Fsp3) is 0.864. The molecule has 0 saturated carbocycles. The summed E-state index contributed by atoms with van der Waals surface area (Å²) in [5.74, 6) is -0.841. The summed E-state index contributed by atoms with van der Waals surface area (Å²) in [5, 5.41) is 8.72. The van der Waals surface area contributed by atoms with E-state index >= 15 is 0 Å². The predicted octanol–water partition coefficient (Wildman–Crippen LogP) is 7.67. The first kappa shape index (κ1) is 23.2. The van der Waals surface area contributed by atoms with Crippen LogP contribution in [0.15, 0.2) is 12.2 Å². The van der Waals surface area contributed by atoms with Crippen LogP contribution in [0.2, 0.25) is 0 Å². The smallest absolute Gasteiger partial charge is 0.330 e. The molecule has 0 bridgehead atoms. The summed E-state index contributed by atoms with van der Waals surface area (Å²) >= 11 is 0. The van der Waals surface area contributed by atoms with E-state index in [4.69, 9.17) is 5.11 Å². The van der Waals surface area contributed by atoms with E-state index in [1.165, 1.54) is 96.3 Å². The Balaban J connectivity index is 3.05. The molecule has 0 aromatic heterocycles. The predicted molar refractivity (Wildman–Crippen MR) is 106 cm³/mol. The summed E-state index contributed by atoms with van der Waals surface area (Å²) in [6.07, 6.45) is 23.7. The molecule has 0 heterocycles. The average Bonchev–Trinajstić information content (AvgIpc) is 2.57. The fourth-order valence-electron chi connectivity index (χ4n) is 3.17. The number of rotatable bonds is 19. The monoisotopic (exact) mass is 338 g/mol. The molecule has 0 aliphatic rings. The summed E-state index contributed by atoms with van der Waals surface area (Å²) in [5.41, 5.74) is 0.357. The van der Waals surface area contributed by atoms with Gasteiger partial charge in [0.1, 0.15) is 0 Å². The molecule has 2 nitrogen and oxygen atoms in total. The van der Waals surface area contributed by atoms with Crippen molar-refractivity contribution in [3.8, 4) is 0 Å². The van der Waals surface area contributed by atoms with Gasteiger partial charge >= 0.3 is 5.97 Å². The van der Waals surface area contributed by atoms with E-state index in [0.717, 1.165) is 12.8 Å². The van der Waals surface area contributed by atoms with Crippen LogP contribution >= 0.6 is 0 Å². The van der Waals surface area contributed by atoms with Gasteiger partial charge in [-0.05, 0) is 12.8 Å². The van der Waals surface area contributed by atoms with E-state index in [9.17, 15) is 4.79 Å². The Bertz CT molecular complexity index is 296. The SMILES string of the molecule is C=C(CCCCCCCCCCCCCCCCCCC)C(=O)O. The van der Waals surface area contributed by atoms with Crippen molar-refractivity contribution < 1.29 is 9.90 Å². The van der Waals surface area contributed by atoms with E-state index in [1.54, 1.807) is 0 Å². The summed E-state index contributed by atoms with van der Waals surface area (Å²) < 4.78 is 0. The largest absolute Gasteiger partial charge is 0.478 e. The lowest BCUT2D eigenvalue weighted by Gasteiger charge is -2.04. The third kappa shape index (κ3) is 17.6. The lowest BCUT2D eigenvalue weighted by atomic mass is 10.0. The van der Waals surface area contributed by atoms with Crippen LogP contribution in [0.4, 0.5) is 0 Å². The molecule has 0 aromatic carbocycles. The van der Waals surface area contributed by atoms with Crippen molar-refractivity contribution >= 4 is 5.97 Å². The van der Waals surface area contributed by atoms with Crippen LogP contribution in [0.25, 0.3) is 0 Å². The number of aliphatic carboxylic acids is 1. The molecule has 0 atom stereocenters. The second-order valence-corrected chi connectivity index (χ2v) is 7.32. The molecule has 0 spiro atoms. The van der Waals surface area contributed by atoms with Gasteiger partial charge in [-0.25, -0.2) is 4.79 Å². The maximum Gasteiger partial charge on any atom is 0.330 e. The Labute approximate surface area is 151 Å². The number of hydrogen-bond donors (Lipinski definition) is 1. The van der Waals surface area contributed by atoms with Gasteiger partial charge in [0.05, 0.1) is 0 Å². The molecular weight excluding hydrogens is 296 g/mol. The summed E-state index contributed by atoms with van der Waals surface area (Å²) in [7, 11) is 0. The van der Waals surface area contributed by atoms with Crippen molar-refractivity contribution in [2.45, 2.75) is 122 Å².